The number of aromatic nitrogens is 1. The molecule has 1 aromatic carbocycles. The van der Waals surface area contributed by atoms with Gasteiger partial charge in [0.15, 0.2) is 0 Å². The Bertz CT molecular complexity index is 605. The van der Waals surface area contributed by atoms with Crippen LogP contribution in [0.3, 0.4) is 0 Å². The number of nitrogens with zero attached hydrogens (tertiary/aromatic N) is 1. The number of aryl methyl sites for hydroxylation is 1. The molecule has 1 atom stereocenters. The van der Waals surface area contributed by atoms with Crippen LogP contribution in [0.4, 0.5) is 4.39 Å². The molecule has 0 unspecified atom stereocenters. The first-order chi connectivity index (χ1) is 10.5. The number of hydrogen-bond donors (Lipinski definition) is 1. The van der Waals surface area contributed by atoms with Gasteiger partial charge in [0, 0.05) is 18.2 Å². The summed E-state index contributed by atoms with van der Waals surface area (Å²) >= 11 is 0. The maximum absolute atomic E-state index is 14.0. The Kier molecular flexibility index (Phi) is 5.67. The van der Waals surface area contributed by atoms with E-state index in [0.29, 0.717) is 24.2 Å². The van der Waals surface area contributed by atoms with E-state index in [9.17, 15) is 4.39 Å². The Morgan fingerprint density at radius 1 is 1.05 bits per heavy atom. The van der Waals surface area contributed by atoms with Gasteiger partial charge in [0.25, 0.3) is 0 Å². The molecule has 0 aliphatic carbocycles. The molecule has 1 N–H and O–H groups in total. The van der Waals surface area contributed by atoms with Crippen molar-refractivity contribution in [1.82, 2.24) is 10.3 Å². The van der Waals surface area contributed by atoms with Gasteiger partial charge in [-0.2, -0.15) is 0 Å². The summed E-state index contributed by atoms with van der Waals surface area (Å²) < 4.78 is 14.0. The van der Waals surface area contributed by atoms with Crippen LogP contribution in [0.25, 0.3) is 11.3 Å². The lowest BCUT2D eigenvalue weighted by atomic mass is 10.1. The summed E-state index contributed by atoms with van der Waals surface area (Å²) in [6.45, 7) is 8.98. The SMILES string of the molecule is CCc1ccc(-c2ccc(F)c(CN[C@H](C)C(C)C)n2)cc1. The second-order valence-corrected chi connectivity index (χ2v) is 6.09. The van der Waals surface area contributed by atoms with E-state index in [0.717, 1.165) is 17.7 Å². The van der Waals surface area contributed by atoms with Crippen molar-refractivity contribution in [3.8, 4) is 11.3 Å². The van der Waals surface area contributed by atoms with Crippen LogP contribution >= 0.6 is 0 Å². The maximum Gasteiger partial charge on any atom is 0.146 e. The smallest absolute Gasteiger partial charge is 0.146 e. The summed E-state index contributed by atoms with van der Waals surface area (Å²) in [7, 11) is 0. The van der Waals surface area contributed by atoms with Gasteiger partial charge in [-0.1, -0.05) is 45.0 Å². The van der Waals surface area contributed by atoms with E-state index in [1.54, 1.807) is 6.07 Å². The average Bonchev–Trinajstić information content (AvgIpc) is 2.53. The summed E-state index contributed by atoms with van der Waals surface area (Å²) in [4.78, 5) is 4.49. The summed E-state index contributed by atoms with van der Waals surface area (Å²) in [6, 6.07) is 11.9. The molecule has 22 heavy (non-hydrogen) atoms. The van der Waals surface area contributed by atoms with Crippen molar-refractivity contribution in [2.45, 2.75) is 46.7 Å². The largest absolute Gasteiger partial charge is 0.308 e. The number of pyridine rings is 1. The minimum absolute atomic E-state index is 0.252. The highest BCUT2D eigenvalue weighted by Crippen LogP contribution is 2.20. The molecule has 2 rings (SSSR count). The van der Waals surface area contributed by atoms with Crippen molar-refractivity contribution < 1.29 is 4.39 Å². The third-order valence-electron chi connectivity index (χ3n) is 4.17. The summed E-state index contributed by atoms with van der Waals surface area (Å²) in [6.07, 6.45) is 1.01. The van der Waals surface area contributed by atoms with Gasteiger partial charge >= 0.3 is 0 Å². The van der Waals surface area contributed by atoms with Crippen molar-refractivity contribution in [3.63, 3.8) is 0 Å². The fourth-order valence-electron chi connectivity index (χ4n) is 2.17. The quantitative estimate of drug-likeness (QED) is 0.844. The van der Waals surface area contributed by atoms with Gasteiger partial charge < -0.3 is 5.32 Å². The Morgan fingerprint density at radius 3 is 2.32 bits per heavy atom. The highest BCUT2D eigenvalue weighted by atomic mass is 19.1. The van der Waals surface area contributed by atoms with E-state index in [1.165, 1.54) is 11.6 Å². The lowest BCUT2D eigenvalue weighted by Crippen LogP contribution is -2.30. The number of hydrogen-bond acceptors (Lipinski definition) is 2. The van der Waals surface area contributed by atoms with Gasteiger partial charge in [-0.25, -0.2) is 9.37 Å². The van der Waals surface area contributed by atoms with Crippen molar-refractivity contribution in [2.24, 2.45) is 5.92 Å². The van der Waals surface area contributed by atoms with E-state index in [-0.39, 0.29) is 5.82 Å². The number of benzene rings is 1. The first-order valence-electron chi connectivity index (χ1n) is 7.99. The van der Waals surface area contributed by atoms with Crippen molar-refractivity contribution in [1.29, 1.82) is 0 Å². The van der Waals surface area contributed by atoms with Gasteiger partial charge in [0.2, 0.25) is 0 Å². The Hall–Kier alpha value is -1.74. The van der Waals surface area contributed by atoms with Crippen LogP contribution in [0.5, 0.6) is 0 Å². The van der Waals surface area contributed by atoms with Crippen LogP contribution in [0.2, 0.25) is 0 Å². The molecule has 0 radical (unpaired) electrons. The van der Waals surface area contributed by atoms with Crippen LogP contribution in [0, 0.1) is 11.7 Å². The van der Waals surface area contributed by atoms with Crippen LogP contribution < -0.4 is 5.32 Å². The first-order valence-corrected chi connectivity index (χ1v) is 7.99. The van der Waals surface area contributed by atoms with Gasteiger partial charge in [-0.15, -0.1) is 0 Å². The van der Waals surface area contributed by atoms with E-state index in [2.05, 4.69) is 50.1 Å². The lowest BCUT2D eigenvalue weighted by Gasteiger charge is -2.17. The first kappa shape index (κ1) is 16.6. The standard InChI is InChI=1S/C19H25FN2/c1-5-15-6-8-16(9-7-15)18-11-10-17(20)19(22-18)12-21-14(4)13(2)3/h6-11,13-14,21H,5,12H2,1-4H3/t14-/m1/s1. The average molecular weight is 300 g/mol. The molecule has 1 aromatic heterocycles. The molecular weight excluding hydrogens is 275 g/mol. The van der Waals surface area contributed by atoms with E-state index >= 15 is 0 Å². The van der Waals surface area contributed by atoms with Crippen molar-refractivity contribution in [3.05, 3.63) is 53.5 Å². The summed E-state index contributed by atoms with van der Waals surface area (Å²) in [5, 5.41) is 3.33. The van der Waals surface area contributed by atoms with Gasteiger partial charge in [0.05, 0.1) is 11.4 Å². The predicted octanol–water partition coefficient (Wildman–Crippen LogP) is 4.58. The normalized spacial score (nSPS) is 12.6. The minimum atomic E-state index is -0.252. The molecule has 0 spiro atoms. The fraction of sp³-hybridized carbons (Fsp3) is 0.421. The topological polar surface area (TPSA) is 24.9 Å². The van der Waals surface area contributed by atoms with Crippen LogP contribution in [-0.4, -0.2) is 11.0 Å². The second kappa shape index (κ2) is 7.50. The molecule has 0 saturated carbocycles. The van der Waals surface area contributed by atoms with Gasteiger partial charge in [-0.3, -0.25) is 0 Å². The number of nitrogens with one attached hydrogen (secondary N) is 1. The lowest BCUT2D eigenvalue weighted by molar-refractivity contribution is 0.418. The van der Waals surface area contributed by atoms with Crippen LogP contribution in [0.1, 0.15) is 39.0 Å². The van der Waals surface area contributed by atoms with Crippen molar-refractivity contribution >= 4 is 0 Å². The molecule has 2 nitrogen and oxygen atoms in total. The summed E-state index contributed by atoms with van der Waals surface area (Å²) in [5.74, 6) is 0.255. The monoisotopic (exact) mass is 300 g/mol. The zero-order valence-electron chi connectivity index (χ0n) is 13.9. The molecule has 118 valence electrons. The predicted molar refractivity (Wildman–Crippen MR) is 90.1 cm³/mol. The van der Waals surface area contributed by atoms with Crippen LogP contribution in [0.15, 0.2) is 36.4 Å². The second-order valence-electron chi connectivity index (χ2n) is 6.09. The third kappa shape index (κ3) is 4.14. The maximum atomic E-state index is 14.0. The Morgan fingerprint density at radius 2 is 1.73 bits per heavy atom. The molecule has 0 fully saturated rings. The van der Waals surface area contributed by atoms with E-state index in [4.69, 9.17) is 0 Å². The molecular formula is C19H25FN2. The molecule has 0 amide bonds. The van der Waals surface area contributed by atoms with Gasteiger partial charge in [0.1, 0.15) is 5.82 Å². The molecule has 0 saturated heterocycles. The minimum Gasteiger partial charge on any atom is -0.308 e. The number of rotatable bonds is 6. The zero-order chi connectivity index (χ0) is 16.1. The molecule has 0 aliphatic rings. The van der Waals surface area contributed by atoms with Gasteiger partial charge in [-0.05, 0) is 37.0 Å². The molecule has 1 heterocycles. The van der Waals surface area contributed by atoms with E-state index < -0.39 is 0 Å². The highest BCUT2D eigenvalue weighted by Gasteiger charge is 2.10. The van der Waals surface area contributed by atoms with Crippen molar-refractivity contribution in [2.75, 3.05) is 0 Å². The Balaban J connectivity index is 2.18. The highest BCUT2D eigenvalue weighted by molar-refractivity contribution is 5.59. The molecule has 2 aromatic rings. The molecule has 3 heteroatoms. The Labute approximate surface area is 132 Å². The zero-order valence-corrected chi connectivity index (χ0v) is 13.9. The summed E-state index contributed by atoms with van der Waals surface area (Å²) in [5.41, 5.74) is 3.61. The number of halogens is 1. The molecule has 0 bridgehead atoms. The van der Waals surface area contributed by atoms with Crippen LogP contribution in [-0.2, 0) is 13.0 Å². The van der Waals surface area contributed by atoms with E-state index in [1.807, 2.05) is 12.1 Å². The third-order valence-corrected chi connectivity index (χ3v) is 4.17. The fourth-order valence-corrected chi connectivity index (χ4v) is 2.17. The molecule has 0 aliphatic heterocycles.